The molecule has 0 spiro atoms. The summed E-state index contributed by atoms with van der Waals surface area (Å²) < 4.78 is 0. The van der Waals surface area contributed by atoms with Crippen LogP contribution in [0.4, 0.5) is 0 Å². The van der Waals surface area contributed by atoms with Gasteiger partial charge in [0.1, 0.15) is 6.10 Å². The van der Waals surface area contributed by atoms with Crippen LogP contribution in [0.15, 0.2) is 12.7 Å². The molecule has 5 nitrogen and oxygen atoms in total. The summed E-state index contributed by atoms with van der Waals surface area (Å²) in [5.74, 6) is -0.185. The summed E-state index contributed by atoms with van der Waals surface area (Å²) in [7, 11) is 1.71. The van der Waals surface area contributed by atoms with E-state index in [1.165, 1.54) is 6.08 Å². The summed E-state index contributed by atoms with van der Waals surface area (Å²) in [6.07, 6.45) is 4.52. The van der Waals surface area contributed by atoms with Crippen molar-refractivity contribution in [2.45, 2.75) is 37.8 Å². The minimum atomic E-state index is -0.858. The highest BCUT2D eigenvalue weighted by atomic mass is 16.3. The number of amides is 2. The zero-order valence-corrected chi connectivity index (χ0v) is 11.4. The van der Waals surface area contributed by atoms with Gasteiger partial charge < -0.3 is 14.9 Å². The van der Waals surface area contributed by atoms with Crippen LogP contribution in [-0.2, 0) is 9.59 Å². The molecule has 1 heterocycles. The quantitative estimate of drug-likeness (QED) is 0.749. The second-order valence-electron chi connectivity index (χ2n) is 5.54. The van der Waals surface area contributed by atoms with Gasteiger partial charge in [-0.25, -0.2) is 0 Å². The topological polar surface area (TPSA) is 60.9 Å². The molecule has 1 saturated carbocycles. The molecule has 1 aliphatic carbocycles. The Balaban J connectivity index is 1.81. The third kappa shape index (κ3) is 2.81. The molecule has 106 valence electrons. The lowest BCUT2D eigenvalue weighted by molar-refractivity contribution is -0.152. The highest BCUT2D eigenvalue weighted by Crippen LogP contribution is 2.29. The number of likely N-dealkylation sites (N-methyl/N-ethyl adjacent to an activating group) is 1. The number of likely N-dealkylation sites (tertiary alicyclic amines) is 1. The molecule has 0 aromatic carbocycles. The maximum absolute atomic E-state index is 12.1. The van der Waals surface area contributed by atoms with Gasteiger partial charge in [0.25, 0.3) is 5.91 Å². The molecule has 2 rings (SSSR count). The lowest BCUT2D eigenvalue weighted by Gasteiger charge is -2.44. The predicted molar refractivity (Wildman–Crippen MR) is 71.3 cm³/mol. The van der Waals surface area contributed by atoms with Crippen molar-refractivity contribution in [3.8, 4) is 0 Å². The Morgan fingerprint density at radius 1 is 1.37 bits per heavy atom. The smallest absolute Gasteiger partial charge is 0.251 e. The van der Waals surface area contributed by atoms with Crippen LogP contribution in [0.25, 0.3) is 0 Å². The van der Waals surface area contributed by atoms with Gasteiger partial charge in [-0.3, -0.25) is 9.59 Å². The van der Waals surface area contributed by atoms with Crippen LogP contribution >= 0.6 is 0 Å². The lowest BCUT2D eigenvalue weighted by Crippen LogP contribution is -2.63. The fourth-order valence-corrected chi connectivity index (χ4v) is 2.87. The fraction of sp³-hybridized carbons (Fsp3) is 0.714. The van der Waals surface area contributed by atoms with E-state index in [-0.39, 0.29) is 23.8 Å². The van der Waals surface area contributed by atoms with Crippen LogP contribution < -0.4 is 0 Å². The highest BCUT2D eigenvalue weighted by Gasteiger charge is 2.39. The van der Waals surface area contributed by atoms with Crippen LogP contribution in [0.5, 0.6) is 0 Å². The largest absolute Gasteiger partial charge is 0.383 e. The van der Waals surface area contributed by atoms with E-state index in [1.54, 1.807) is 16.8 Å². The molecule has 2 amide bonds. The first-order valence-electron chi connectivity index (χ1n) is 6.90. The molecule has 19 heavy (non-hydrogen) atoms. The van der Waals surface area contributed by atoms with E-state index in [1.807, 2.05) is 0 Å². The van der Waals surface area contributed by atoms with Crippen molar-refractivity contribution in [2.24, 2.45) is 5.92 Å². The third-order valence-corrected chi connectivity index (χ3v) is 4.34. The molecule has 2 aliphatic rings. The van der Waals surface area contributed by atoms with E-state index < -0.39 is 6.10 Å². The third-order valence-electron chi connectivity index (χ3n) is 4.34. The molecular weight excluding hydrogens is 244 g/mol. The summed E-state index contributed by atoms with van der Waals surface area (Å²) >= 11 is 0. The first-order chi connectivity index (χ1) is 9.04. The van der Waals surface area contributed by atoms with E-state index in [0.29, 0.717) is 13.1 Å². The van der Waals surface area contributed by atoms with E-state index in [2.05, 4.69) is 6.58 Å². The summed E-state index contributed by atoms with van der Waals surface area (Å²) in [4.78, 5) is 26.7. The number of hydrogen-bond donors (Lipinski definition) is 1. The normalized spacial score (nSPS) is 21.9. The molecule has 0 unspecified atom stereocenters. The monoisotopic (exact) mass is 266 g/mol. The van der Waals surface area contributed by atoms with Gasteiger partial charge in [0.05, 0.1) is 6.04 Å². The van der Waals surface area contributed by atoms with E-state index in [4.69, 9.17) is 0 Å². The van der Waals surface area contributed by atoms with E-state index in [9.17, 15) is 14.7 Å². The maximum Gasteiger partial charge on any atom is 0.251 e. The van der Waals surface area contributed by atoms with Gasteiger partial charge in [0, 0.05) is 20.1 Å². The van der Waals surface area contributed by atoms with Crippen molar-refractivity contribution in [1.82, 2.24) is 9.80 Å². The van der Waals surface area contributed by atoms with Crippen molar-refractivity contribution < 1.29 is 14.7 Å². The minimum absolute atomic E-state index is 0.0465. The molecule has 0 bridgehead atoms. The van der Waals surface area contributed by atoms with Crippen molar-refractivity contribution in [3.05, 3.63) is 12.7 Å². The standard InChI is InChI=1S/C14H22N2O3/c1-3-12(17)15(2)11-8-16(9-11)14(19)13(18)10-6-4-5-7-10/h3,10-11,13,18H,1,4-9H2,2H3/t13-/m1/s1. The molecule has 0 aromatic rings. The molecule has 1 N–H and O–H groups in total. The summed E-state index contributed by atoms with van der Waals surface area (Å²) in [6, 6.07) is 0.0465. The van der Waals surface area contributed by atoms with E-state index >= 15 is 0 Å². The summed E-state index contributed by atoms with van der Waals surface area (Å²) in [5, 5.41) is 10.0. The van der Waals surface area contributed by atoms with Gasteiger partial charge in [-0.1, -0.05) is 19.4 Å². The van der Waals surface area contributed by atoms with Crippen LogP contribution in [0.2, 0.25) is 0 Å². The highest BCUT2D eigenvalue weighted by molar-refractivity contribution is 5.87. The Labute approximate surface area is 113 Å². The zero-order chi connectivity index (χ0) is 14.0. The predicted octanol–water partition coefficient (Wildman–Crippen LogP) is 0.393. The Morgan fingerprint density at radius 2 is 1.95 bits per heavy atom. The maximum atomic E-state index is 12.1. The van der Waals surface area contributed by atoms with Crippen molar-refractivity contribution in [1.29, 1.82) is 0 Å². The van der Waals surface area contributed by atoms with Crippen LogP contribution in [0.1, 0.15) is 25.7 Å². The second-order valence-corrected chi connectivity index (χ2v) is 5.54. The average molecular weight is 266 g/mol. The Hall–Kier alpha value is -1.36. The number of aliphatic hydroxyl groups excluding tert-OH is 1. The lowest BCUT2D eigenvalue weighted by atomic mass is 9.97. The first kappa shape index (κ1) is 14.1. The van der Waals surface area contributed by atoms with Crippen molar-refractivity contribution in [3.63, 3.8) is 0 Å². The second kappa shape index (κ2) is 5.74. The van der Waals surface area contributed by atoms with Gasteiger partial charge in [-0.2, -0.15) is 0 Å². The Kier molecular flexibility index (Phi) is 4.24. The first-order valence-corrected chi connectivity index (χ1v) is 6.90. The molecule has 1 saturated heterocycles. The number of carbonyl (C=O) groups is 2. The SMILES string of the molecule is C=CC(=O)N(C)C1CN(C(=O)[C@H](O)C2CCCC2)C1. The van der Waals surface area contributed by atoms with Gasteiger partial charge in [-0.05, 0) is 24.8 Å². The van der Waals surface area contributed by atoms with Crippen LogP contribution in [0, 0.1) is 5.92 Å². The van der Waals surface area contributed by atoms with Crippen LogP contribution in [-0.4, -0.2) is 59.0 Å². The Bertz CT molecular complexity index is 371. The van der Waals surface area contributed by atoms with Crippen molar-refractivity contribution in [2.75, 3.05) is 20.1 Å². The minimum Gasteiger partial charge on any atom is -0.383 e. The average Bonchev–Trinajstić information content (AvgIpc) is 2.88. The summed E-state index contributed by atoms with van der Waals surface area (Å²) in [5.41, 5.74) is 0. The molecule has 2 fully saturated rings. The van der Waals surface area contributed by atoms with Gasteiger partial charge >= 0.3 is 0 Å². The molecule has 5 heteroatoms. The number of carbonyl (C=O) groups excluding carboxylic acids is 2. The molecular formula is C14H22N2O3. The molecule has 1 aliphatic heterocycles. The Morgan fingerprint density at radius 3 is 2.47 bits per heavy atom. The fourth-order valence-electron chi connectivity index (χ4n) is 2.87. The van der Waals surface area contributed by atoms with Gasteiger partial charge in [0.15, 0.2) is 0 Å². The number of rotatable bonds is 4. The molecule has 0 radical (unpaired) electrons. The summed E-state index contributed by atoms with van der Waals surface area (Å²) in [6.45, 7) is 4.47. The van der Waals surface area contributed by atoms with Gasteiger partial charge in [-0.15, -0.1) is 0 Å². The number of nitrogens with zero attached hydrogens (tertiary/aromatic N) is 2. The van der Waals surface area contributed by atoms with Crippen molar-refractivity contribution >= 4 is 11.8 Å². The van der Waals surface area contributed by atoms with Gasteiger partial charge in [0.2, 0.25) is 5.91 Å². The van der Waals surface area contributed by atoms with Crippen LogP contribution in [0.3, 0.4) is 0 Å². The number of hydrogen-bond acceptors (Lipinski definition) is 3. The number of aliphatic hydroxyl groups is 1. The van der Waals surface area contributed by atoms with E-state index in [0.717, 1.165) is 25.7 Å². The zero-order valence-electron chi connectivity index (χ0n) is 11.4. The molecule has 0 aromatic heterocycles. The molecule has 1 atom stereocenters.